The molecule has 0 amide bonds. The normalized spacial score (nSPS) is 10.4. The summed E-state index contributed by atoms with van der Waals surface area (Å²) in [5.74, 6) is 0.964. The fourth-order valence-electron chi connectivity index (χ4n) is 1.15. The number of hydrogen-bond donors (Lipinski definition) is 0. The molecule has 0 saturated carbocycles. The lowest BCUT2D eigenvalue weighted by atomic mass is 10.5. The topological polar surface area (TPSA) is 35.6 Å². The molecule has 0 aliphatic rings. The van der Waals surface area contributed by atoms with Crippen LogP contribution < -0.4 is 0 Å². The number of aryl methyl sites for hydroxylation is 1. The highest BCUT2D eigenvalue weighted by Crippen LogP contribution is 1.98. The van der Waals surface area contributed by atoms with E-state index in [-0.39, 0.29) is 0 Å². The van der Waals surface area contributed by atoms with E-state index in [1.165, 1.54) is 0 Å². The first-order chi connectivity index (χ1) is 5.92. The van der Waals surface area contributed by atoms with Gasteiger partial charge in [0.2, 0.25) is 0 Å². The zero-order valence-electron chi connectivity index (χ0n) is 6.88. The third-order valence-electron chi connectivity index (χ3n) is 1.75. The number of aromatic nitrogens is 4. The average molecular weight is 162 g/mol. The number of nitrogens with zero attached hydrogens (tertiary/aromatic N) is 4. The molecule has 0 aliphatic heterocycles. The summed E-state index contributed by atoms with van der Waals surface area (Å²) >= 11 is 0. The Morgan fingerprint density at radius 2 is 2.08 bits per heavy atom. The Balaban J connectivity index is 2.46. The van der Waals surface area contributed by atoms with Crippen LogP contribution in [0, 0.1) is 0 Å². The highest BCUT2D eigenvalue weighted by atomic mass is 15.5. The zero-order chi connectivity index (χ0) is 8.39. The van der Waals surface area contributed by atoms with E-state index in [1.54, 1.807) is 6.33 Å². The smallest absolute Gasteiger partial charge is 0.152 e. The van der Waals surface area contributed by atoms with E-state index in [2.05, 4.69) is 17.1 Å². The fraction of sp³-hybridized carbons (Fsp3) is 0.250. The summed E-state index contributed by atoms with van der Waals surface area (Å²) in [4.78, 5) is 0. The van der Waals surface area contributed by atoms with E-state index in [0.29, 0.717) is 0 Å². The Labute approximate surface area is 70.4 Å². The highest BCUT2D eigenvalue weighted by Gasteiger charge is 2.00. The molecule has 0 fully saturated rings. The molecule has 12 heavy (non-hydrogen) atoms. The van der Waals surface area contributed by atoms with Crippen molar-refractivity contribution in [2.45, 2.75) is 13.3 Å². The standard InChI is InChI=1S/C8H10N4/c1-2-8-10-9-7-12(8)11-5-3-4-6-11/h3-7H,2H2,1H3. The van der Waals surface area contributed by atoms with Gasteiger partial charge >= 0.3 is 0 Å². The van der Waals surface area contributed by atoms with Crippen molar-refractivity contribution in [2.75, 3.05) is 0 Å². The van der Waals surface area contributed by atoms with Gasteiger partial charge in [0.25, 0.3) is 0 Å². The van der Waals surface area contributed by atoms with Crippen LogP contribution in [0.15, 0.2) is 30.9 Å². The molecule has 0 N–H and O–H groups in total. The van der Waals surface area contributed by atoms with E-state index in [9.17, 15) is 0 Å². The first-order valence-corrected chi connectivity index (χ1v) is 3.94. The molecule has 2 rings (SSSR count). The maximum atomic E-state index is 3.98. The molecule has 0 aromatic carbocycles. The van der Waals surface area contributed by atoms with Gasteiger partial charge in [0.05, 0.1) is 0 Å². The monoisotopic (exact) mass is 162 g/mol. The minimum atomic E-state index is 0.887. The maximum absolute atomic E-state index is 3.98. The molecular weight excluding hydrogens is 152 g/mol. The molecule has 2 aromatic rings. The van der Waals surface area contributed by atoms with Gasteiger partial charge in [-0.25, -0.2) is 4.68 Å². The number of hydrogen-bond acceptors (Lipinski definition) is 2. The Morgan fingerprint density at radius 1 is 1.33 bits per heavy atom. The second-order valence-corrected chi connectivity index (χ2v) is 2.51. The van der Waals surface area contributed by atoms with Crippen LogP contribution in [0.3, 0.4) is 0 Å². The van der Waals surface area contributed by atoms with Gasteiger partial charge in [-0.15, -0.1) is 10.2 Å². The van der Waals surface area contributed by atoms with E-state index in [1.807, 2.05) is 33.9 Å². The fourth-order valence-corrected chi connectivity index (χ4v) is 1.15. The largest absolute Gasteiger partial charge is 0.261 e. The molecule has 0 bridgehead atoms. The van der Waals surface area contributed by atoms with Gasteiger partial charge in [0.1, 0.15) is 6.33 Å². The average Bonchev–Trinajstić information content (AvgIpc) is 2.74. The summed E-state index contributed by atoms with van der Waals surface area (Å²) < 4.78 is 3.86. The maximum Gasteiger partial charge on any atom is 0.152 e. The van der Waals surface area contributed by atoms with E-state index >= 15 is 0 Å². The van der Waals surface area contributed by atoms with Crippen LogP contribution in [0.5, 0.6) is 0 Å². The van der Waals surface area contributed by atoms with Gasteiger partial charge in [0, 0.05) is 18.8 Å². The minimum absolute atomic E-state index is 0.887. The predicted molar refractivity (Wildman–Crippen MR) is 44.6 cm³/mol. The summed E-state index contributed by atoms with van der Waals surface area (Å²) in [6, 6.07) is 3.94. The van der Waals surface area contributed by atoms with Crippen LogP contribution in [-0.2, 0) is 6.42 Å². The Kier molecular flexibility index (Phi) is 1.66. The SMILES string of the molecule is CCc1nncn1-n1cccc1. The lowest BCUT2D eigenvalue weighted by molar-refractivity contribution is 0.622. The van der Waals surface area contributed by atoms with Gasteiger partial charge < -0.3 is 0 Å². The van der Waals surface area contributed by atoms with Crippen molar-refractivity contribution in [1.82, 2.24) is 19.5 Å². The van der Waals surface area contributed by atoms with Crippen LogP contribution >= 0.6 is 0 Å². The molecule has 4 heteroatoms. The van der Waals surface area contributed by atoms with E-state index < -0.39 is 0 Å². The zero-order valence-corrected chi connectivity index (χ0v) is 6.88. The predicted octanol–water partition coefficient (Wildman–Crippen LogP) is 0.953. The molecule has 0 unspecified atom stereocenters. The summed E-state index contributed by atoms with van der Waals surface area (Å²) in [7, 11) is 0. The van der Waals surface area contributed by atoms with Gasteiger partial charge in [0.15, 0.2) is 5.82 Å². The van der Waals surface area contributed by atoms with Crippen molar-refractivity contribution in [3.05, 3.63) is 36.7 Å². The van der Waals surface area contributed by atoms with Crippen LogP contribution in [-0.4, -0.2) is 19.5 Å². The molecule has 0 aliphatic carbocycles. The molecule has 62 valence electrons. The van der Waals surface area contributed by atoms with Crippen molar-refractivity contribution < 1.29 is 0 Å². The third kappa shape index (κ3) is 1.01. The van der Waals surface area contributed by atoms with E-state index in [0.717, 1.165) is 12.2 Å². The lowest BCUT2D eigenvalue weighted by Crippen LogP contribution is -2.08. The number of rotatable bonds is 2. The minimum Gasteiger partial charge on any atom is -0.261 e. The van der Waals surface area contributed by atoms with Gasteiger partial charge in [-0.05, 0) is 12.1 Å². The van der Waals surface area contributed by atoms with Gasteiger partial charge in [-0.3, -0.25) is 4.68 Å². The molecule has 0 saturated heterocycles. The van der Waals surface area contributed by atoms with Gasteiger partial charge in [-0.2, -0.15) is 0 Å². The quantitative estimate of drug-likeness (QED) is 0.659. The molecule has 0 radical (unpaired) electrons. The molecule has 4 nitrogen and oxygen atoms in total. The second-order valence-electron chi connectivity index (χ2n) is 2.51. The van der Waals surface area contributed by atoms with Crippen molar-refractivity contribution in [3.63, 3.8) is 0 Å². The molecule has 2 heterocycles. The van der Waals surface area contributed by atoms with Crippen LogP contribution in [0.1, 0.15) is 12.7 Å². The first-order valence-electron chi connectivity index (χ1n) is 3.94. The summed E-state index contributed by atoms with van der Waals surface area (Å²) in [6.07, 6.45) is 6.52. The molecule has 0 spiro atoms. The first kappa shape index (κ1) is 7.09. The summed E-state index contributed by atoms with van der Waals surface area (Å²) in [6.45, 7) is 2.06. The van der Waals surface area contributed by atoms with Gasteiger partial charge in [-0.1, -0.05) is 6.92 Å². The Hall–Kier alpha value is -1.58. The lowest BCUT2D eigenvalue weighted by Gasteiger charge is -2.04. The highest BCUT2D eigenvalue weighted by molar-refractivity contribution is 4.95. The molecule has 2 aromatic heterocycles. The van der Waals surface area contributed by atoms with Crippen molar-refractivity contribution in [3.8, 4) is 0 Å². The molecule has 0 atom stereocenters. The summed E-state index contributed by atoms with van der Waals surface area (Å²) in [5.41, 5.74) is 0. The van der Waals surface area contributed by atoms with Crippen molar-refractivity contribution in [1.29, 1.82) is 0 Å². The van der Waals surface area contributed by atoms with Crippen LogP contribution in [0.25, 0.3) is 0 Å². The Morgan fingerprint density at radius 3 is 2.75 bits per heavy atom. The molecular formula is C8H10N4. The Bertz CT molecular complexity index is 347. The summed E-state index contributed by atoms with van der Waals surface area (Å²) in [5, 5.41) is 7.82. The van der Waals surface area contributed by atoms with E-state index in [4.69, 9.17) is 0 Å². The van der Waals surface area contributed by atoms with Crippen LogP contribution in [0.2, 0.25) is 0 Å². The van der Waals surface area contributed by atoms with Crippen molar-refractivity contribution >= 4 is 0 Å². The van der Waals surface area contributed by atoms with Crippen molar-refractivity contribution in [2.24, 2.45) is 0 Å². The second kappa shape index (κ2) is 2.81. The van der Waals surface area contributed by atoms with Crippen LogP contribution in [0.4, 0.5) is 0 Å². The third-order valence-corrected chi connectivity index (χ3v) is 1.75.